The molecule has 41 heavy (non-hydrogen) atoms. The van der Waals surface area contributed by atoms with Crippen LogP contribution in [0.2, 0.25) is 5.04 Å². The lowest BCUT2D eigenvalue weighted by Crippen LogP contribution is -2.56. The second kappa shape index (κ2) is 10.6. The molecule has 0 unspecified atom stereocenters. The van der Waals surface area contributed by atoms with Crippen molar-refractivity contribution in [3.05, 3.63) is 161 Å². The number of nitrogens with zero attached hydrogens (tertiary/aromatic N) is 2. The average Bonchev–Trinajstić information content (AvgIpc) is 3.32. The molecule has 0 atom stereocenters. The Balaban J connectivity index is 1.90. The Hall–Kier alpha value is -4.34. The molecule has 6 rings (SSSR count). The zero-order valence-corrected chi connectivity index (χ0v) is 25.5. The third-order valence-electron chi connectivity index (χ3n) is 8.36. The van der Waals surface area contributed by atoms with Gasteiger partial charge in [-0.05, 0) is 80.0 Å². The molecule has 0 radical (unpaired) electrons. The van der Waals surface area contributed by atoms with Crippen LogP contribution in [0, 0.1) is 13.8 Å². The number of hydrogen-bond acceptors (Lipinski definition) is 2. The summed E-state index contributed by atoms with van der Waals surface area (Å²) >= 11 is 0. The number of hydrogen-bond donors (Lipinski definition) is 0. The third-order valence-corrected chi connectivity index (χ3v) is 14.4. The zero-order chi connectivity index (χ0) is 28.6. The third kappa shape index (κ3) is 4.51. The fraction of sp³-hybridized carbons (Fsp3) is 0.158. The maximum atomic E-state index is 4.86. The number of allylic oxidation sites excluding steroid dienone is 2. The Morgan fingerprint density at radius 1 is 0.463 bits per heavy atom. The van der Waals surface area contributed by atoms with E-state index in [1.165, 1.54) is 49.0 Å². The Morgan fingerprint density at radius 2 is 0.854 bits per heavy atom. The van der Waals surface area contributed by atoms with Crippen LogP contribution in [0.5, 0.6) is 0 Å². The Morgan fingerprint density at radius 3 is 1.20 bits per heavy atom. The summed E-state index contributed by atoms with van der Waals surface area (Å²) in [4.78, 5) is 9.71. The van der Waals surface area contributed by atoms with Crippen LogP contribution in [-0.2, 0) is 0 Å². The summed E-state index contributed by atoms with van der Waals surface area (Å²) in [7, 11) is -2.80. The van der Waals surface area contributed by atoms with Gasteiger partial charge in [0.05, 0.1) is 0 Å². The smallest absolute Gasteiger partial charge is 0.156 e. The minimum Gasteiger partial charge on any atom is -0.261 e. The predicted octanol–water partition coefficient (Wildman–Crippen LogP) is 8.86. The highest BCUT2D eigenvalue weighted by Gasteiger charge is 2.58. The van der Waals surface area contributed by atoms with Crippen LogP contribution in [-0.4, -0.2) is 18.0 Å². The van der Waals surface area contributed by atoms with E-state index in [9.17, 15) is 0 Å². The summed E-state index contributed by atoms with van der Waals surface area (Å²) in [5, 5.41) is 4.15. The maximum Gasteiger partial charge on any atom is 0.156 e. The first-order chi connectivity index (χ1) is 19.8. The van der Waals surface area contributed by atoms with Gasteiger partial charge in [0.2, 0.25) is 0 Å². The Bertz CT molecular complexity index is 1620. The molecule has 2 nitrogen and oxygen atoms in total. The molecule has 0 spiro atoms. The molecule has 0 fully saturated rings. The molecule has 2 aromatic heterocycles. The molecule has 0 aliphatic carbocycles. The summed E-state index contributed by atoms with van der Waals surface area (Å²) in [6, 6.07) is 42.1. The van der Waals surface area contributed by atoms with E-state index in [0.717, 1.165) is 11.4 Å². The molecule has 1 aliphatic rings. The molecule has 0 amide bonds. The van der Waals surface area contributed by atoms with Crippen LogP contribution in [0.1, 0.15) is 54.4 Å². The second-order valence-electron chi connectivity index (χ2n) is 12.0. The topological polar surface area (TPSA) is 25.8 Å². The fourth-order valence-corrected chi connectivity index (χ4v) is 13.0. The number of aryl methyl sites for hydroxylation is 2. The molecule has 3 aromatic carbocycles. The van der Waals surface area contributed by atoms with E-state index in [-0.39, 0.29) is 5.04 Å². The summed E-state index contributed by atoms with van der Waals surface area (Å²) in [6.07, 6.45) is 4.20. The number of pyridine rings is 2. The summed E-state index contributed by atoms with van der Waals surface area (Å²) in [5.74, 6) is 0. The lowest BCUT2D eigenvalue weighted by atomic mass is 9.89. The van der Waals surface area contributed by atoms with Gasteiger partial charge in [-0.15, -0.1) is 0 Å². The van der Waals surface area contributed by atoms with Crippen LogP contribution < -0.4 is 5.19 Å². The van der Waals surface area contributed by atoms with E-state index in [1.807, 2.05) is 0 Å². The van der Waals surface area contributed by atoms with Gasteiger partial charge >= 0.3 is 0 Å². The molecule has 0 saturated heterocycles. The van der Waals surface area contributed by atoms with Crippen molar-refractivity contribution in [3.63, 3.8) is 0 Å². The number of rotatable bonds is 5. The van der Waals surface area contributed by atoms with Gasteiger partial charge in [-0.3, -0.25) is 9.97 Å². The standard InChI is InChI=1S/C38H36N2Si/c1-27-21-23-31(25-39-27)36-34(29-15-9-6-10-16-29)35(30-17-11-7-12-18-30)37(32-24-22-28(2)40-26-32)41(36,38(3,4)5)33-19-13-8-14-20-33/h6-26H,1-5H3. The van der Waals surface area contributed by atoms with E-state index in [4.69, 9.17) is 9.97 Å². The van der Waals surface area contributed by atoms with Gasteiger partial charge in [0.25, 0.3) is 0 Å². The first kappa shape index (κ1) is 26.9. The monoisotopic (exact) mass is 548 g/mol. The molecule has 3 heterocycles. The minimum atomic E-state index is -2.80. The fourth-order valence-electron chi connectivity index (χ4n) is 6.65. The van der Waals surface area contributed by atoms with Crippen molar-refractivity contribution in [2.24, 2.45) is 0 Å². The molecular weight excluding hydrogens is 513 g/mol. The lowest BCUT2D eigenvalue weighted by Gasteiger charge is -2.45. The van der Waals surface area contributed by atoms with Crippen molar-refractivity contribution in [3.8, 4) is 0 Å². The van der Waals surface area contributed by atoms with Crippen LogP contribution in [0.3, 0.4) is 0 Å². The Labute approximate surface area is 245 Å². The number of benzene rings is 3. The lowest BCUT2D eigenvalue weighted by molar-refractivity contribution is 0.741. The average molecular weight is 549 g/mol. The molecule has 0 N–H and O–H groups in total. The van der Waals surface area contributed by atoms with Crippen molar-refractivity contribution < 1.29 is 0 Å². The van der Waals surface area contributed by atoms with Crippen molar-refractivity contribution >= 4 is 34.8 Å². The molecule has 5 aromatic rings. The summed E-state index contributed by atoms with van der Waals surface area (Å²) in [6.45, 7) is 11.4. The van der Waals surface area contributed by atoms with Crippen molar-refractivity contribution in [1.29, 1.82) is 0 Å². The summed E-state index contributed by atoms with van der Waals surface area (Å²) < 4.78 is 0. The molecule has 0 saturated carbocycles. The second-order valence-corrected chi connectivity index (χ2v) is 16.6. The normalized spacial score (nSPS) is 15.0. The molecule has 1 aliphatic heterocycles. The van der Waals surface area contributed by atoms with Gasteiger partial charge in [0, 0.05) is 23.8 Å². The van der Waals surface area contributed by atoms with E-state index in [0.29, 0.717) is 0 Å². The first-order valence-corrected chi connectivity index (χ1v) is 16.3. The van der Waals surface area contributed by atoms with Crippen LogP contribution >= 0.6 is 0 Å². The predicted molar refractivity (Wildman–Crippen MR) is 176 cm³/mol. The van der Waals surface area contributed by atoms with Gasteiger partial charge in [-0.2, -0.15) is 0 Å². The Kier molecular flexibility index (Phi) is 6.92. The quantitative estimate of drug-likeness (QED) is 0.205. The highest BCUT2D eigenvalue weighted by atomic mass is 28.3. The van der Waals surface area contributed by atoms with Crippen LogP contribution in [0.4, 0.5) is 0 Å². The molecule has 3 heteroatoms. The molecule has 0 bridgehead atoms. The van der Waals surface area contributed by atoms with Crippen LogP contribution in [0.15, 0.2) is 128 Å². The van der Waals surface area contributed by atoms with E-state index < -0.39 is 8.07 Å². The first-order valence-electron chi connectivity index (χ1n) is 14.3. The SMILES string of the molecule is Cc1ccc(C2=C(c3ccccc3)C(c3ccccc3)=C(c3ccc(C)nc3)[Si]2(c2ccccc2)C(C)(C)C)cn1. The van der Waals surface area contributed by atoms with Crippen molar-refractivity contribution in [2.75, 3.05) is 0 Å². The summed E-state index contributed by atoms with van der Waals surface area (Å²) in [5.41, 5.74) is 9.52. The van der Waals surface area contributed by atoms with Crippen molar-refractivity contribution in [2.45, 2.75) is 39.7 Å². The number of aromatic nitrogens is 2. The minimum absolute atomic E-state index is 0.0919. The van der Waals surface area contributed by atoms with Gasteiger partial charge < -0.3 is 0 Å². The highest BCUT2D eigenvalue weighted by molar-refractivity contribution is 7.23. The highest BCUT2D eigenvalue weighted by Crippen LogP contribution is 2.62. The van der Waals surface area contributed by atoms with Crippen molar-refractivity contribution in [1.82, 2.24) is 9.97 Å². The van der Waals surface area contributed by atoms with E-state index >= 15 is 0 Å². The van der Waals surface area contributed by atoms with E-state index in [1.54, 1.807) is 0 Å². The van der Waals surface area contributed by atoms with Crippen LogP contribution in [0.25, 0.3) is 21.5 Å². The van der Waals surface area contributed by atoms with Gasteiger partial charge in [-0.1, -0.05) is 124 Å². The van der Waals surface area contributed by atoms with E-state index in [2.05, 4.69) is 162 Å². The molecular formula is C38H36N2Si. The van der Waals surface area contributed by atoms with Gasteiger partial charge in [0.1, 0.15) is 0 Å². The maximum absolute atomic E-state index is 4.86. The zero-order valence-electron chi connectivity index (χ0n) is 24.5. The van der Waals surface area contributed by atoms with Gasteiger partial charge in [0.15, 0.2) is 8.07 Å². The largest absolute Gasteiger partial charge is 0.261 e. The van der Waals surface area contributed by atoms with Gasteiger partial charge in [-0.25, -0.2) is 0 Å². The molecule has 202 valence electrons.